The van der Waals surface area contributed by atoms with Gasteiger partial charge in [-0.05, 0) is 38.5 Å². The maximum absolute atomic E-state index is 12.2. The zero-order chi connectivity index (χ0) is 20.5. The number of ether oxygens (including phenoxy) is 1. The molecule has 0 N–H and O–H groups in total. The minimum absolute atomic E-state index is 0.0608. The van der Waals surface area contributed by atoms with Gasteiger partial charge in [-0.15, -0.1) is 0 Å². The van der Waals surface area contributed by atoms with Crippen LogP contribution in [0.15, 0.2) is 30.6 Å². The molecule has 0 aliphatic rings. The molecule has 0 aliphatic heterocycles. The molecule has 1 aromatic carbocycles. The second-order valence-electron chi connectivity index (χ2n) is 7.62. The van der Waals surface area contributed by atoms with Crippen molar-refractivity contribution in [2.45, 2.75) is 53.2 Å². The summed E-state index contributed by atoms with van der Waals surface area (Å²) in [7, 11) is 0. The first-order valence-electron chi connectivity index (χ1n) is 9.22. The summed E-state index contributed by atoms with van der Waals surface area (Å²) in [6.45, 7) is 8.83. The minimum atomic E-state index is -0.582. The summed E-state index contributed by atoms with van der Waals surface area (Å²) in [5.74, 6) is 0.210. The largest absolute Gasteiger partial charge is 0.459 e. The maximum atomic E-state index is 12.2. The highest BCUT2D eigenvalue weighted by atomic mass is 16.6. The van der Waals surface area contributed by atoms with E-state index < -0.39 is 11.6 Å². The van der Waals surface area contributed by atoms with Crippen molar-refractivity contribution in [3.8, 4) is 11.1 Å². The van der Waals surface area contributed by atoms with Crippen molar-refractivity contribution >= 4 is 22.7 Å². The van der Waals surface area contributed by atoms with Gasteiger partial charge in [0.25, 0.3) is 0 Å². The SMILES string of the molecule is CCc1ncc(-c2ccc3c(c2)c(C(C)=O)nn3CC(=O)OC(C)(C)C)cn1. The molecule has 3 aromatic rings. The Bertz CT molecular complexity index is 1030. The highest BCUT2D eigenvalue weighted by Gasteiger charge is 2.20. The number of carbonyl (C=O) groups is 2. The number of rotatable bonds is 5. The molecule has 3 rings (SSSR count). The van der Waals surface area contributed by atoms with Crippen molar-refractivity contribution in [2.24, 2.45) is 0 Å². The van der Waals surface area contributed by atoms with Gasteiger partial charge in [0.15, 0.2) is 5.78 Å². The fraction of sp³-hybridized carbons (Fsp3) is 0.381. The van der Waals surface area contributed by atoms with Crippen molar-refractivity contribution in [1.29, 1.82) is 0 Å². The van der Waals surface area contributed by atoms with E-state index in [2.05, 4.69) is 15.1 Å². The second kappa shape index (κ2) is 7.50. The molecule has 0 aliphatic carbocycles. The fourth-order valence-electron chi connectivity index (χ4n) is 2.92. The molecule has 7 nitrogen and oxygen atoms in total. The summed E-state index contributed by atoms with van der Waals surface area (Å²) >= 11 is 0. The van der Waals surface area contributed by atoms with Gasteiger partial charge in [0.2, 0.25) is 0 Å². The van der Waals surface area contributed by atoms with Crippen molar-refractivity contribution in [1.82, 2.24) is 19.7 Å². The zero-order valence-electron chi connectivity index (χ0n) is 16.8. The highest BCUT2D eigenvalue weighted by Crippen LogP contribution is 2.26. The first-order valence-corrected chi connectivity index (χ1v) is 9.22. The third-order valence-electron chi connectivity index (χ3n) is 4.14. The first-order chi connectivity index (χ1) is 13.2. The van der Waals surface area contributed by atoms with Crippen LogP contribution >= 0.6 is 0 Å². The van der Waals surface area contributed by atoms with Crippen LogP contribution < -0.4 is 0 Å². The number of aryl methyl sites for hydroxylation is 1. The number of benzene rings is 1. The monoisotopic (exact) mass is 380 g/mol. The van der Waals surface area contributed by atoms with Gasteiger partial charge in [0.05, 0.1) is 5.52 Å². The molecular formula is C21H24N4O3. The molecule has 0 fully saturated rings. The Kier molecular flexibility index (Phi) is 5.27. The van der Waals surface area contributed by atoms with E-state index in [1.54, 1.807) is 12.4 Å². The number of carbonyl (C=O) groups excluding carboxylic acids is 2. The molecule has 2 aromatic heterocycles. The van der Waals surface area contributed by atoms with Crippen LogP contribution in [-0.2, 0) is 22.5 Å². The number of nitrogens with zero attached hydrogens (tertiary/aromatic N) is 4. The lowest BCUT2D eigenvalue weighted by Gasteiger charge is -2.19. The van der Waals surface area contributed by atoms with Crippen molar-refractivity contribution in [3.05, 3.63) is 42.1 Å². The van der Waals surface area contributed by atoms with Crippen LogP contribution in [-0.4, -0.2) is 37.1 Å². The maximum Gasteiger partial charge on any atom is 0.328 e. The van der Waals surface area contributed by atoms with Crippen LogP contribution in [0.4, 0.5) is 0 Å². The third kappa shape index (κ3) is 4.24. The summed E-state index contributed by atoms with van der Waals surface area (Å²) in [5, 5.41) is 5.04. The molecule has 0 saturated heterocycles. The number of aromatic nitrogens is 4. The standard InChI is InChI=1S/C21H24N4O3/c1-6-18-22-10-15(11-23-18)14-7-8-17-16(9-14)20(13(2)26)24-25(17)12-19(27)28-21(3,4)5/h7-11H,6,12H2,1-5H3. The zero-order valence-corrected chi connectivity index (χ0v) is 16.8. The van der Waals surface area contributed by atoms with Gasteiger partial charge in [0, 0.05) is 36.7 Å². The lowest BCUT2D eigenvalue weighted by Crippen LogP contribution is -2.26. The Hall–Kier alpha value is -3.09. The Morgan fingerprint density at radius 1 is 1.11 bits per heavy atom. The van der Waals surface area contributed by atoms with E-state index in [9.17, 15) is 9.59 Å². The summed E-state index contributed by atoms with van der Waals surface area (Å²) < 4.78 is 6.89. The summed E-state index contributed by atoms with van der Waals surface area (Å²) in [4.78, 5) is 33.0. The van der Waals surface area contributed by atoms with Crippen LogP contribution in [0, 0.1) is 0 Å². The van der Waals surface area contributed by atoms with Crippen LogP contribution in [0.1, 0.15) is 50.9 Å². The molecule has 146 valence electrons. The number of Topliss-reactive ketones (excluding diaryl/α,β-unsaturated/α-hetero) is 1. The average molecular weight is 380 g/mol. The molecule has 0 bridgehead atoms. The molecular weight excluding hydrogens is 356 g/mol. The van der Waals surface area contributed by atoms with E-state index >= 15 is 0 Å². The van der Waals surface area contributed by atoms with E-state index in [0.29, 0.717) is 16.6 Å². The highest BCUT2D eigenvalue weighted by molar-refractivity contribution is 6.06. The van der Waals surface area contributed by atoms with E-state index in [1.165, 1.54) is 11.6 Å². The number of hydrogen-bond donors (Lipinski definition) is 0. The molecule has 0 amide bonds. The smallest absolute Gasteiger partial charge is 0.328 e. The fourth-order valence-corrected chi connectivity index (χ4v) is 2.92. The van der Waals surface area contributed by atoms with Gasteiger partial charge in [-0.3, -0.25) is 14.3 Å². The Morgan fingerprint density at radius 2 is 1.79 bits per heavy atom. The molecule has 7 heteroatoms. The number of fused-ring (bicyclic) bond motifs is 1. The molecule has 28 heavy (non-hydrogen) atoms. The third-order valence-corrected chi connectivity index (χ3v) is 4.14. The average Bonchev–Trinajstić information content (AvgIpc) is 2.98. The lowest BCUT2D eigenvalue weighted by molar-refractivity contribution is -0.155. The summed E-state index contributed by atoms with van der Waals surface area (Å²) in [6.07, 6.45) is 4.31. The van der Waals surface area contributed by atoms with E-state index in [4.69, 9.17) is 4.74 Å². The Labute approximate surface area is 163 Å². The predicted molar refractivity (Wildman–Crippen MR) is 106 cm³/mol. The molecule has 0 spiro atoms. The lowest BCUT2D eigenvalue weighted by atomic mass is 10.0. The van der Waals surface area contributed by atoms with E-state index in [-0.39, 0.29) is 12.3 Å². The van der Waals surface area contributed by atoms with Gasteiger partial charge in [-0.1, -0.05) is 13.0 Å². The van der Waals surface area contributed by atoms with Crippen LogP contribution in [0.5, 0.6) is 0 Å². The summed E-state index contributed by atoms with van der Waals surface area (Å²) in [6, 6.07) is 5.64. The van der Waals surface area contributed by atoms with Crippen LogP contribution in [0.2, 0.25) is 0 Å². The van der Waals surface area contributed by atoms with Crippen molar-refractivity contribution < 1.29 is 14.3 Å². The van der Waals surface area contributed by atoms with E-state index in [1.807, 2.05) is 45.9 Å². The molecule has 0 saturated carbocycles. The number of hydrogen-bond acceptors (Lipinski definition) is 6. The van der Waals surface area contributed by atoms with Crippen LogP contribution in [0.25, 0.3) is 22.0 Å². The van der Waals surface area contributed by atoms with Gasteiger partial charge in [-0.2, -0.15) is 5.10 Å². The normalized spacial score (nSPS) is 11.6. The van der Waals surface area contributed by atoms with Gasteiger partial charge in [-0.25, -0.2) is 9.97 Å². The second-order valence-corrected chi connectivity index (χ2v) is 7.62. The summed E-state index contributed by atoms with van der Waals surface area (Å²) in [5.41, 5.74) is 2.18. The van der Waals surface area contributed by atoms with Gasteiger partial charge >= 0.3 is 5.97 Å². The van der Waals surface area contributed by atoms with Crippen molar-refractivity contribution in [3.63, 3.8) is 0 Å². The quantitative estimate of drug-likeness (QED) is 0.496. The Balaban J connectivity index is 2.01. The topological polar surface area (TPSA) is 87.0 Å². The minimum Gasteiger partial charge on any atom is -0.459 e. The van der Waals surface area contributed by atoms with E-state index in [0.717, 1.165) is 23.4 Å². The van der Waals surface area contributed by atoms with Crippen LogP contribution in [0.3, 0.4) is 0 Å². The predicted octanol–water partition coefficient (Wildman–Crippen LogP) is 3.60. The van der Waals surface area contributed by atoms with Gasteiger partial charge in [0.1, 0.15) is 23.7 Å². The number of ketones is 1. The first kappa shape index (κ1) is 19.7. The Morgan fingerprint density at radius 3 is 2.36 bits per heavy atom. The molecule has 0 radical (unpaired) electrons. The molecule has 0 unspecified atom stereocenters. The van der Waals surface area contributed by atoms with Gasteiger partial charge < -0.3 is 4.74 Å². The number of esters is 1. The van der Waals surface area contributed by atoms with Crippen molar-refractivity contribution in [2.75, 3.05) is 0 Å². The molecule has 0 atom stereocenters. The molecule has 2 heterocycles.